The minimum Gasteiger partial charge on any atom is -0.397 e. The lowest BCUT2D eigenvalue weighted by Crippen LogP contribution is -1.99. The summed E-state index contributed by atoms with van der Waals surface area (Å²) < 4.78 is 14.9. The quantitative estimate of drug-likeness (QED) is 0.676. The molecule has 2 nitrogen and oxygen atoms in total. The summed E-state index contributed by atoms with van der Waals surface area (Å²) in [6.07, 6.45) is 0. The predicted molar refractivity (Wildman–Crippen MR) is 80.9 cm³/mol. The first-order valence-electron chi connectivity index (χ1n) is 4.94. The van der Waals surface area contributed by atoms with Gasteiger partial charge in [0, 0.05) is 15.0 Å². The number of hydrogen-bond acceptors (Lipinski definition) is 2. The molecule has 94 valence electrons. The van der Waals surface area contributed by atoms with Gasteiger partial charge in [-0.1, -0.05) is 17.7 Å². The number of halogens is 4. The molecule has 0 spiro atoms. The van der Waals surface area contributed by atoms with Crippen LogP contribution in [0.4, 0.5) is 21.5 Å². The number of nitrogen functional groups attached to an aromatic ring is 1. The van der Waals surface area contributed by atoms with Gasteiger partial charge < -0.3 is 11.1 Å². The molecule has 0 aliphatic carbocycles. The smallest absolute Gasteiger partial charge is 0.143 e. The van der Waals surface area contributed by atoms with Crippen molar-refractivity contribution in [1.82, 2.24) is 0 Å². The maximum Gasteiger partial charge on any atom is 0.143 e. The average Bonchev–Trinajstić information content (AvgIpc) is 2.30. The van der Waals surface area contributed by atoms with Crippen LogP contribution in [0.25, 0.3) is 0 Å². The number of hydrogen-bond donors (Lipinski definition) is 2. The standard InChI is InChI=1S/C12H8Br2ClFN2/c13-6-2-1-3-7(14)12(6)18-11-4-8(15)9(16)5-10(11)17/h1-5,18H,17H2. The van der Waals surface area contributed by atoms with Gasteiger partial charge in [-0.3, -0.25) is 0 Å². The van der Waals surface area contributed by atoms with E-state index in [-0.39, 0.29) is 5.02 Å². The highest BCUT2D eigenvalue weighted by Gasteiger charge is 2.10. The van der Waals surface area contributed by atoms with Crippen molar-refractivity contribution in [3.8, 4) is 0 Å². The Morgan fingerprint density at radius 2 is 1.78 bits per heavy atom. The van der Waals surface area contributed by atoms with Crippen LogP contribution in [0.1, 0.15) is 0 Å². The zero-order valence-corrected chi connectivity index (χ0v) is 12.9. The summed E-state index contributed by atoms with van der Waals surface area (Å²) in [5.74, 6) is -0.536. The zero-order chi connectivity index (χ0) is 13.3. The fraction of sp³-hybridized carbons (Fsp3) is 0. The Labute approximate surface area is 126 Å². The Kier molecular flexibility index (Phi) is 4.14. The minimum absolute atomic E-state index is 0.0230. The van der Waals surface area contributed by atoms with Crippen molar-refractivity contribution in [2.45, 2.75) is 0 Å². The molecule has 0 unspecified atom stereocenters. The minimum atomic E-state index is -0.536. The van der Waals surface area contributed by atoms with Crippen LogP contribution >= 0.6 is 43.5 Å². The molecule has 18 heavy (non-hydrogen) atoms. The van der Waals surface area contributed by atoms with Gasteiger partial charge in [0.15, 0.2) is 0 Å². The van der Waals surface area contributed by atoms with Gasteiger partial charge in [0.1, 0.15) is 5.82 Å². The van der Waals surface area contributed by atoms with E-state index < -0.39 is 5.82 Å². The number of rotatable bonds is 2. The molecule has 0 heterocycles. The lowest BCUT2D eigenvalue weighted by Gasteiger charge is -2.13. The van der Waals surface area contributed by atoms with Crippen molar-refractivity contribution in [3.63, 3.8) is 0 Å². The fourth-order valence-electron chi connectivity index (χ4n) is 1.42. The number of nitrogens with two attached hydrogens (primary N) is 1. The first-order valence-corrected chi connectivity index (χ1v) is 6.91. The molecule has 0 amide bonds. The Morgan fingerprint density at radius 1 is 1.17 bits per heavy atom. The highest BCUT2D eigenvalue weighted by molar-refractivity contribution is 9.11. The lowest BCUT2D eigenvalue weighted by atomic mass is 10.2. The maximum atomic E-state index is 13.2. The molecule has 2 aromatic rings. The van der Waals surface area contributed by atoms with E-state index in [0.717, 1.165) is 14.6 Å². The van der Waals surface area contributed by atoms with Gasteiger partial charge in [0.05, 0.1) is 22.1 Å². The number of nitrogens with one attached hydrogen (secondary N) is 1. The maximum absolute atomic E-state index is 13.2. The molecule has 0 aliphatic rings. The molecule has 0 fully saturated rings. The summed E-state index contributed by atoms with van der Waals surface area (Å²) in [6, 6.07) is 8.30. The van der Waals surface area contributed by atoms with E-state index in [9.17, 15) is 4.39 Å². The molecule has 0 saturated heterocycles. The van der Waals surface area contributed by atoms with Crippen LogP contribution in [0.2, 0.25) is 5.02 Å². The topological polar surface area (TPSA) is 38.0 Å². The van der Waals surface area contributed by atoms with Crippen molar-refractivity contribution in [2.75, 3.05) is 11.1 Å². The second-order valence-corrected chi connectivity index (χ2v) is 5.69. The summed E-state index contributed by atoms with van der Waals surface area (Å²) in [7, 11) is 0. The second-order valence-electron chi connectivity index (χ2n) is 3.58. The van der Waals surface area contributed by atoms with E-state index in [4.69, 9.17) is 17.3 Å². The van der Waals surface area contributed by atoms with Gasteiger partial charge >= 0.3 is 0 Å². The number of anilines is 3. The highest BCUT2D eigenvalue weighted by atomic mass is 79.9. The third kappa shape index (κ3) is 2.79. The molecule has 0 aromatic heterocycles. The largest absolute Gasteiger partial charge is 0.397 e. The SMILES string of the molecule is Nc1cc(F)c(Cl)cc1Nc1c(Br)cccc1Br. The van der Waals surface area contributed by atoms with Crippen molar-refractivity contribution in [1.29, 1.82) is 0 Å². The van der Waals surface area contributed by atoms with Crippen LogP contribution in [0, 0.1) is 5.82 Å². The van der Waals surface area contributed by atoms with Crippen LogP contribution in [0.3, 0.4) is 0 Å². The Hall–Kier alpha value is -0.780. The van der Waals surface area contributed by atoms with E-state index in [1.165, 1.54) is 12.1 Å². The molecule has 3 N–H and O–H groups in total. The average molecular weight is 394 g/mol. The first kappa shape index (κ1) is 13.6. The molecular formula is C12H8Br2ClFN2. The van der Waals surface area contributed by atoms with Crippen molar-refractivity contribution >= 4 is 60.5 Å². The van der Waals surface area contributed by atoms with Crippen molar-refractivity contribution in [3.05, 3.63) is 50.1 Å². The summed E-state index contributed by atoms with van der Waals surface area (Å²) in [5, 5.41) is 3.13. The number of para-hydroxylation sites is 1. The monoisotopic (exact) mass is 392 g/mol. The molecular weight excluding hydrogens is 386 g/mol. The van der Waals surface area contributed by atoms with Crippen molar-refractivity contribution in [2.24, 2.45) is 0 Å². The van der Waals surface area contributed by atoms with E-state index >= 15 is 0 Å². The summed E-state index contributed by atoms with van der Waals surface area (Å²) >= 11 is 12.6. The predicted octanol–water partition coefficient (Wildman–Crippen LogP) is 5.33. The normalized spacial score (nSPS) is 10.4. The molecule has 0 bridgehead atoms. The van der Waals surface area contributed by atoms with E-state index in [0.29, 0.717) is 11.4 Å². The summed E-state index contributed by atoms with van der Waals surface area (Å²) in [5.41, 5.74) is 7.39. The highest BCUT2D eigenvalue weighted by Crippen LogP contribution is 2.36. The van der Waals surface area contributed by atoms with E-state index in [1.54, 1.807) is 0 Å². The van der Waals surface area contributed by atoms with Gasteiger partial charge in [-0.2, -0.15) is 0 Å². The number of benzene rings is 2. The molecule has 6 heteroatoms. The third-order valence-corrected chi connectivity index (χ3v) is 3.93. The van der Waals surface area contributed by atoms with Gasteiger partial charge in [-0.05, 0) is 50.1 Å². The fourth-order valence-corrected chi connectivity index (χ4v) is 2.78. The van der Waals surface area contributed by atoms with Gasteiger partial charge in [0.2, 0.25) is 0 Å². The van der Waals surface area contributed by atoms with Crippen LogP contribution in [0.5, 0.6) is 0 Å². The molecule has 0 aliphatic heterocycles. The molecule has 2 aromatic carbocycles. The van der Waals surface area contributed by atoms with Crippen LogP contribution in [-0.4, -0.2) is 0 Å². The van der Waals surface area contributed by atoms with Gasteiger partial charge in [-0.25, -0.2) is 4.39 Å². The first-order chi connectivity index (χ1) is 8.49. The van der Waals surface area contributed by atoms with Crippen molar-refractivity contribution < 1.29 is 4.39 Å². The molecule has 0 saturated carbocycles. The van der Waals surface area contributed by atoms with Crippen LogP contribution in [-0.2, 0) is 0 Å². The Balaban J connectivity index is 2.43. The van der Waals surface area contributed by atoms with Gasteiger partial charge in [0.25, 0.3) is 0 Å². The second kappa shape index (κ2) is 5.47. The summed E-state index contributed by atoms with van der Waals surface area (Å²) in [4.78, 5) is 0. The van der Waals surface area contributed by atoms with Crippen LogP contribution in [0.15, 0.2) is 39.3 Å². The zero-order valence-electron chi connectivity index (χ0n) is 8.98. The van der Waals surface area contributed by atoms with Gasteiger partial charge in [-0.15, -0.1) is 0 Å². The molecule has 2 rings (SSSR count). The summed E-state index contributed by atoms with van der Waals surface area (Å²) in [6.45, 7) is 0. The Morgan fingerprint density at radius 3 is 2.39 bits per heavy atom. The molecule has 0 atom stereocenters. The lowest BCUT2D eigenvalue weighted by molar-refractivity contribution is 0.629. The van der Waals surface area contributed by atoms with E-state index in [2.05, 4.69) is 37.2 Å². The third-order valence-electron chi connectivity index (χ3n) is 2.31. The van der Waals surface area contributed by atoms with Crippen LogP contribution < -0.4 is 11.1 Å². The Bertz CT molecular complexity index is 585. The molecule has 0 radical (unpaired) electrons. The van der Waals surface area contributed by atoms with E-state index in [1.807, 2.05) is 18.2 Å².